The Kier molecular flexibility index (Phi) is 4.45. The van der Waals surface area contributed by atoms with Crippen molar-refractivity contribution < 1.29 is 5.11 Å². The topological polar surface area (TPSA) is 35.5 Å². The number of nitrogens with zero attached hydrogens (tertiary/aromatic N) is 1. The van der Waals surface area contributed by atoms with Crippen LogP contribution in [0.3, 0.4) is 0 Å². The van der Waals surface area contributed by atoms with Gasteiger partial charge < -0.3 is 15.3 Å². The molecule has 17 heavy (non-hydrogen) atoms. The number of hydrogen-bond acceptors (Lipinski definition) is 3. The van der Waals surface area contributed by atoms with E-state index >= 15 is 0 Å². The summed E-state index contributed by atoms with van der Waals surface area (Å²) in [5, 5.41) is 13.4. The van der Waals surface area contributed by atoms with E-state index in [9.17, 15) is 5.11 Å². The molecule has 100 valence electrons. The Balaban J connectivity index is 1.56. The van der Waals surface area contributed by atoms with E-state index in [0.717, 1.165) is 24.9 Å². The molecule has 0 spiro atoms. The summed E-state index contributed by atoms with van der Waals surface area (Å²) in [5.41, 5.74) is -0.513. The van der Waals surface area contributed by atoms with Crippen molar-refractivity contribution in [2.75, 3.05) is 26.2 Å². The van der Waals surface area contributed by atoms with E-state index in [4.69, 9.17) is 0 Å². The minimum atomic E-state index is -0.513. The van der Waals surface area contributed by atoms with Crippen molar-refractivity contribution in [1.29, 1.82) is 0 Å². The van der Waals surface area contributed by atoms with Gasteiger partial charge in [-0.3, -0.25) is 0 Å². The van der Waals surface area contributed by atoms with Crippen LogP contribution in [0, 0.1) is 5.92 Å². The minimum Gasteiger partial charge on any atom is -0.390 e. The lowest BCUT2D eigenvalue weighted by molar-refractivity contribution is 0.0534. The van der Waals surface area contributed by atoms with E-state index in [0.29, 0.717) is 0 Å². The standard InChI is InChI=1S/C14H28N2O/c1-14(2,17)7-10-16-8-5-13(6-9-16)15-11-12-3-4-12/h12-13,15,17H,3-11H2,1-2H3. The number of nitrogens with one attached hydrogen (secondary N) is 1. The summed E-state index contributed by atoms with van der Waals surface area (Å²) in [7, 11) is 0. The van der Waals surface area contributed by atoms with Gasteiger partial charge in [0.1, 0.15) is 0 Å². The molecule has 2 fully saturated rings. The van der Waals surface area contributed by atoms with Gasteiger partial charge in [0.05, 0.1) is 5.60 Å². The first-order chi connectivity index (χ1) is 8.03. The van der Waals surface area contributed by atoms with Gasteiger partial charge in [0, 0.05) is 12.6 Å². The highest BCUT2D eigenvalue weighted by Crippen LogP contribution is 2.28. The highest BCUT2D eigenvalue weighted by molar-refractivity contribution is 4.82. The van der Waals surface area contributed by atoms with E-state index in [2.05, 4.69) is 10.2 Å². The highest BCUT2D eigenvalue weighted by Gasteiger charge is 2.24. The molecule has 2 aliphatic rings. The van der Waals surface area contributed by atoms with Gasteiger partial charge in [0.2, 0.25) is 0 Å². The minimum absolute atomic E-state index is 0.513. The van der Waals surface area contributed by atoms with E-state index in [1.54, 1.807) is 0 Å². The van der Waals surface area contributed by atoms with E-state index in [1.807, 2.05) is 13.8 Å². The van der Waals surface area contributed by atoms with Crippen LogP contribution >= 0.6 is 0 Å². The zero-order valence-corrected chi connectivity index (χ0v) is 11.4. The SMILES string of the molecule is CC(C)(O)CCN1CCC(NCC2CC2)CC1. The Morgan fingerprint density at radius 2 is 1.82 bits per heavy atom. The first kappa shape index (κ1) is 13.3. The van der Waals surface area contributed by atoms with Crippen LogP contribution in [0.4, 0.5) is 0 Å². The first-order valence-corrected chi connectivity index (χ1v) is 7.21. The van der Waals surface area contributed by atoms with Crippen molar-refractivity contribution >= 4 is 0 Å². The zero-order chi connectivity index (χ0) is 12.3. The van der Waals surface area contributed by atoms with Crippen LogP contribution in [0.5, 0.6) is 0 Å². The summed E-state index contributed by atoms with van der Waals surface area (Å²) in [6.07, 6.45) is 6.32. The Morgan fingerprint density at radius 3 is 2.35 bits per heavy atom. The molecule has 2 rings (SSSR count). The molecule has 0 unspecified atom stereocenters. The molecule has 2 N–H and O–H groups in total. The molecule has 0 radical (unpaired) electrons. The molecule has 0 atom stereocenters. The maximum atomic E-state index is 9.71. The number of hydrogen-bond donors (Lipinski definition) is 2. The Labute approximate surface area is 106 Å². The van der Waals surface area contributed by atoms with Crippen LogP contribution in [0.15, 0.2) is 0 Å². The van der Waals surface area contributed by atoms with Gasteiger partial charge in [0.15, 0.2) is 0 Å². The normalized spacial score (nSPS) is 24.2. The molecular formula is C14H28N2O. The molecule has 1 aliphatic carbocycles. The van der Waals surface area contributed by atoms with E-state index in [-0.39, 0.29) is 0 Å². The third-order valence-corrected chi connectivity index (χ3v) is 4.02. The van der Waals surface area contributed by atoms with Crippen molar-refractivity contribution in [2.24, 2.45) is 5.92 Å². The third-order valence-electron chi connectivity index (χ3n) is 4.02. The molecule has 0 bridgehead atoms. The van der Waals surface area contributed by atoms with Crippen LogP contribution < -0.4 is 5.32 Å². The van der Waals surface area contributed by atoms with Crippen LogP contribution in [0.2, 0.25) is 0 Å². The summed E-state index contributed by atoms with van der Waals surface area (Å²) in [6.45, 7) is 8.47. The smallest absolute Gasteiger partial charge is 0.0603 e. The van der Waals surface area contributed by atoms with Crippen LogP contribution in [-0.2, 0) is 0 Å². The van der Waals surface area contributed by atoms with Gasteiger partial charge in [0.25, 0.3) is 0 Å². The van der Waals surface area contributed by atoms with Crippen LogP contribution in [0.1, 0.15) is 46.0 Å². The molecule has 1 saturated heterocycles. The number of likely N-dealkylation sites (tertiary alicyclic amines) is 1. The van der Waals surface area contributed by atoms with Gasteiger partial charge in [-0.25, -0.2) is 0 Å². The largest absolute Gasteiger partial charge is 0.390 e. The summed E-state index contributed by atoms with van der Waals surface area (Å²) >= 11 is 0. The molecule has 0 aromatic rings. The van der Waals surface area contributed by atoms with Gasteiger partial charge in [-0.2, -0.15) is 0 Å². The van der Waals surface area contributed by atoms with Crippen molar-refractivity contribution in [3.63, 3.8) is 0 Å². The average molecular weight is 240 g/mol. The maximum Gasteiger partial charge on any atom is 0.0603 e. The molecule has 1 heterocycles. The molecule has 1 saturated carbocycles. The molecular weight excluding hydrogens is 212 g/mol. The van der Waals surface area contributed by atoms with Gasteiger partial charge in [-0.05, 0) is 71.5 Å². The highest BCUT2D eigenvalue weighted by atomic mass is 16.3. The predicted octanol–water partition coefficient (Wildman–Crippen LogP) is 1.61. The third kappa shape index (κ3) is 5.36. The molecule has 0 amide bonds. The quantitative estimate of drug-likeness (QED) is 0.740. The lowest BCUT2D eigenvalue weighted by Gasteiger charge is -2.33. The van der Waals surface area contributed by atoms with E-state index in [1.165, 1.54) is 45.3 Å². The van der Waals surface area contributed by atoms with Gasteiger partial charge >= 0.3 is 0 Å². The monoisotopic (exact) mass is 240 g/mol. The predicted molar refractivity (Wildman–Crippen MR) is 71.1 cm³/mol. The van der Waals surface area contributed by atoms with Crippen molar-refractivity contribution in [2.45, 2.75) is 57.6 Å². The van der Waals surface area contributed by atoms with Gasteiger partial charge in [-0.15, -0.1) is 0 Å². The summed E-state index contributed by atoms with van der Waals surface area (Å²) in [6, 6.07) is 0.744. The fourth-order valence-electron chi connectivity index (χ4n) is 2.45. The first-order valence-electron chi connectivity index (χ1n) is 7.21. The van der Waals surface area contributed by atoms with Gasteiger partial charge in [-0.1, -0.05) is 0 Å². The second kappa shape index (κ2) is 5.68. The molecule has 0 aromatic carbocycles. The van der Waals surface area contributed by atoms with Crippen molar-refractivity contribution in [1.82, 2.24) is 10.2 Å². The molecule has 1 aliphatic heterocycles. The summed E-state index contributed by atoms with van der Waals surface area (Å²) in [5.74, 6) is 0.989. The maximum absolute atomic E-state index is 9.71. The number of rotatable bonds is 6. The molecule has 3 heteroatoms. The Hall–Kier alpha value is -0.120. The lowest BCUT2D eigenvalue weighted by atomic mass is 10.0. The van der Waals surface area contributed by atoms with E-state index < -0.39 is 5.60 Å². The van der Waals surface area contributed by atoms with Crippen LogP contribution in [-0.4, -0.2) is 47.8 Å². The molecule has 0 aromatic heterocycles. The fraction of sp³-hybridized carbons (Fsp3) is 1.00. The summed E-state index contributed by atoms with van der Waals surface area (Å²) < 4.78 is 0. The Morgan fingerprint density at radius 1 is 1.18 bits per heavy atom. The summed E-state index contributed by atoms with van der Waals surface area (Å²) in [4.78, 5) is 2.49. The number of piperidine rings is 1. The zero-order valence-electron chi connectivity index (χ0n) is 11.4. The average Bonchev–Trinajstić information content (AvgIpc) is 3.08. The second-order valence-corrected chi connectivity index (χ2v) is 6.53. The van der Waals surface area contributed by atoms with Crippen molar-refractivity contribution in [3.8, 4) is 0 Å². The molecule has 3 nitrogen and oxygen atoms in total. The fourth-order valence-corrected chi connectivity index (χ4v) is 2.45. The lowest BCUT2D eigenvalue weighted by Crippen LogP contribution is -2.44. The van der Waals surface area contributed by atoms with Crippen molar-refractivity contribution in [3.05, 3.63) is 0 Å². The second-order valence-electron chi connectivity index (χ2n) is 6.53. The Bertz CT molecular complexity index is 225. The number of aliphatic hydroxyl groups is 1. The van der Waals surface area contributed by atoms with Crippen LogP contribution in [0.25, 0.3) is 0 Å².